The fraction of sp³-hybridized carbons (Fsp3) is 0.618. The molecule has 4 heteroatoms. The molecule has 4 nitrogen and oxygen atoms in total. The highest BCUT2D eigenvalue weighted by Gasteiger charge is 2.17. The van der Waals surface area contributed by atoms with Crippen molar-refractivity contribution in [1.82, 2.24) is 5.32 Å². The highest BCUT2D eigenvalue weighted by Crippen LogP contribution is 2.11. The molecule has 216 valence electrons. The molecule has 0 heterocycles. The van der Waals surface area contributed by atoms with E-state index in [1.807, 2.05) is 18.2 Å². The third-order valence-electron chi connectivity index (χ3n) is 6.22. The van der Waals surface area contributed by atoms with Crippen LogP contribution in [0.5, 0.6) is 0 Å². The van der Waals surface area contributed by atoms with Crippen molar-refractivity contribution in [1.29, 1.82) is 0 Å². The number of hydrogen-bond acceptors (Lipinski definition) is 3. The van der Waals surface area contributed by atoms with Crippen LogP contribution >= 0.6 is 0 Å². The largest absolute Gasteiger partial charge is 0.394 e. The molecule has 0 saturated carbocycles. The average molecular weight is 528 g/mol. The van der Waals surface area contributed by atoms with Crippen molar-refractivity contribution in [3.8, 4) is 0 Å². The van der Waals surface area contributed by atoms with Gasteiger partial charge in [0.05, 0.1) is 18.8 Å². The standard InChI is InChI=1S/C34H57NO3/c1-3-5-7-9-11-13-15-16-17-18-20-22-24-26-28-30-34(38)35-32(31-36)33(37)29-27-25-23-21-19-14-12-10-8-6-4-2/h5,7,11,13,16-17,20,22,26-29,32-33,36-37H,3-4,6,8-10,12,14-15,18-19,21,23-25,30-31H2,1-2H3,(H,35,38)/b7-5-,13-11-,17-16-,22-20-,28-26-,29-27+. The minimum atomic E-state index is -0.879. The predicted octanol–water partition coefficient (Wildman–Crippen LogP) is 8.44. The van der Waals surface area contributed by atoms with Crippen LogP contribution in [0.3, 0.4) is 0 Å². The molecular weight excluding hydrogens is 470 g/mol. The van der Waals surface area contributed by atoms with Gasteiger partial charge >= 0.3 is 0 Å². The van der Waals surface area contributed by atoms with Gasteiger partial charge in [0.2, 0.25) is 5.91 Å². The fourth-order valence-electron chi connectivity index (χ4n) is 3.89. The number of aliphatic hydroxyl groups excluding tert-OH is 2. The maximum Gasteiger partial charge on any atom is 0.224 e. The van der Waals surface area contributed by atoms with Gasteiger partial charge in [0.15, 0.2) is 0 Å². The Labute approximate surface area is 234 Å². The zero-order valence-electron chi connectivity index (χ0n) is 24.4. The van der Waals surface area contributed by atoms with Gasteiger partial charge in [-0.3, -0.25) is 4.79 Å². The van der Waals surface area contributed by atoms with Crippen molar-refractivity contribution in [3.63, 3.8) is 0 Å². The number of allylic oxidation sites excluding steroid dienone is 10. The summed E-state index contributed by atoms with van der Waals surface area (Å²) in [7, 11) is 0. The first-order valence-electron chi connectivity index (χ1n) is 15.2. The Balaban J connectivity index is 3.91. The molecule has 0 saturated heterocycles. The molecular formula is C34H57NO3. The lowest BCUT2D eigenvalue weighted by Crippen LogP contribution is -2.44. The maximum atomic E-state index is 12.2. The quantitative estimate of drug-likeness (QED) is 0.0824. The fourth-order valence-corrected chi connectivity index (χ4v) is 3.89. The summed E-state index contributed by atoms with van der Waals surface area (Å²) in [5.74, 6) is -0.197. The van der Waals surface area contributed by atoms with Crippen LogP contribution in [0.2, 0.25) is 0 Å². The third kappa shape index (κ3) is 25.5. The smallest absolute Gasteiger partial charge is 0.224 e. The van der Waals surface area contributed by atoms with Crippen LogP contribution in [0.25, 0.3) is 0 Å². The van der Waals surface area contributed by atoms with Crippen LogP contribution in [-0.2, 0) is 4.79 Å². The monoisotopic (exact) mass is 527 g/mol. The van der Waals surface area contributed by atoms with Crippen molar-refractivity contribution < 1.29 is 15.0 Å². The second kappa shape index (κ2) is 29.4. The first-order chi connectivity index (χ1) is 18.7. The molecule has 38 heavy (non-hydrogen) atoms. The van der Waals surface area contributed by atoms with E-state index in [4.69, 9.17) is 0 Å². The normalized spacial score (nSPS) is 14.3. The van der Waals surface area contributed by atoms with Gasteiger partial charge < -0.3 is 15.5 Å². The van der Waals surface area contributed by atoms with Gasteiger partial charge in [0.1, 0.15) is 0 Å². The summed E-state index contributed by atoms with van der Waals surface area (Å²) in [5.41, 5.74) is 0. The van der Waals surface area contributed by atoms with E-state index in [0.717, 1.165) is 44.9 Å². The van der Waals surface area contributed by atoms with Crippen LogP contribution in [-0.4, -0.2) is 34.9 Å². The summed E-state index contributed by atoms with van der Waals surface area (Å²) >= 11 is 0. The number of amides is 1. The lowest BCUT2D eigenvalue weighted by Gasteiger charge is -2.19. The number of hydrogen-bond donors (Lipinski definition) is 3. The molecule has 0 spiro atoms. The molecule has 0 aromatic rings. The number of unbranched alkanes of at least 4 members (excludes halogenated alkanes) is 9. The van der Waals surface area contributed by atoms with Crippen LogP contribution in [0, 0.1) is 0 Å². The minimum absolute atomic E-state index is 0.197. The zero-order valence-corrected chi connectivity index (χ0v) is 24.4. The lowest BCUT2D eigenvalue weighted by atomic mass is 10.1. The van der Waals surface area contributed by atoms with Crippen molar-refractivity contribution in [2.75, 3.05) is 6.61 Å². The van der Waals surface area contributed by atoms with Crippen LogP contribution < -0.4 is 5.32 Å². The van der Waals surface area contributed by atoms with Gasteiger partial charge in [0.25, 0.3) is 0 Å². The van der Waals surface area contributed by atoms with Crippen molar-refractivity contribution in [3.05, 3.63) is 72.9 Å². The molecule has 1 amide bonds. The van der Waals surface area contributed by atoms with Crippen LogP contribution in [0.1, 0.15) is 117 Å². The van der Waals surface area contributed by atoms with E-state index >= 15 is 0 Å². The molecule has 2 unspecified atom stereocenters. The topological polar surface area (TPSA) is 69.6 Å². The summed E-state index contributed by atoms with van der Waals surface area (Å²) in [6, 6.07) is -0.676. The van der Waals surface area contributed by atoms with Crippen molar-refractivity contribution in [2.24, 2.45) is 0 Å². The van der Waals surface area contributed by atoms with Crippen LogP contribution in [0.15, 0.2) is 72.9 Å². The second-order valence-electron chi connectivity index (χ2n) is 9.80. The van der Waals surface area contributed by atoms with E-state index in [1.54, 1.807) is 6.08 Å². The molecule has 0 aromatic carbocycles. The highest BCUT2D eigenvalue weighted by atomic mass is 16.3. The van der Waals surface area contributed by atoms with Crippen molar-refractivity contribution in [2.45, 2.75) is 129 Å². The molecule has 0 fully saturated rings. The first kappa shape index (κ1) is 35.8. The Morgan fingerprint density at radius 1 is 0.658 bits per heavy atom. The minimum Gasteiger partial charge on any atom is -0.394 e. The molecule has 0 radical (unpaired) electrons. The number of rotatable bonds is 25. The summed E-state index contributed by atoms with van der Waals surface area (Å²) in [6.07, 6.45) is 41.3. The number of carbonyl (C=O) groups is 1. The highest BCUT2D eigenvalue weighted by molar-refractivity contribution is 5.77. The third-order valence-corrected chi connectivity index (χ3v) is 6.22. The molecule has 0 aliphatic rings. The van der Waals surface area contributed by atoms with E-state index in [-0.39, 0.29) is 18.9 Å². The number of nitrogens with one attached hydrogen (secondary N) is 1. The van der Waals surface area contributed by atoms with Gasteiger partial charge in [-0.15, -0.1) is 0 Å². The molecule has 0 rings (SSSR count). The van der Waals surface area contributed by atoms with E-state index in [9.17, 15) is 15.0 Å². The molecule has 2 atom stereocenters. The van der Waals surface area contributed by atoms with E-state index in [2.05, 4.69) is 67.8 Å². The van der Waals surface area contributed by atoms with Gasteiger partial charge in [-0.05, 0) is 44.9 Å². The Morgan fingerprint density at radius 3 is 1.63 bits per heavy atom. The van der Waals surface area contributed by atoms with Crippen molar-refractivity contribution >= 4 is 5.91 Å². The maximum absolute atomic E-state index is 12.2. The Morgan fingerprint density at radius 2 is 1.13 bits per heavy atom. The van der Waals surface area contributed by atoms with E-state index < -0.39 is 12.1 Å². The Kier molecular flexibility index (Phi) is 27.7. The Bertz CT molecular complexity index is 703. The molecule has 0 aliphatic heterocycles. The summed E-state index contributed by atoms with van der Waals surface area (Å²) in [6.45, 7) is 4.10. The van der Waals surface area contributed by atoms with Gasteiger partial charge in [-0.1, -0.05) is 138 Å². The summed E-state index contributed by atoms with van der Waals surface area (Å²) in [5, 5.41) is 22.6. The Hall–Kier alpha value is -2.17. The molecule has 0 aromatic heterocycles. The first-order valence-corrected chi connectivity index (χ1v) is 15.2. The van der Waals surface area contributed by atoms with Crippen LogP contribution in [0.4, 0.5) is 0 Å². The van der Waals surface area contributed by atoms with Gasteiger partial charge in [0, 0.05) is 6.42 Å². The SMILES string of the molecule is CC/C=C\C/C=C\C/C=C\C/C=C\C/C=C\CC(=O)NC(CO)C(O)/C=C/CCCCCCCCCCC. The zero-order chi connectivity index (χ0) is 27.9. The van der Waals surface area contributed by atoms with E-state index in [0.29, 0.717) is 0 Å². The lowest BCUT2D eigenvalue weighted by molar-refractivity contribution is -0.122. The van der Waals surface area contributed by atoms with Gasteiger partial charge in [-0.25, -0.2) is 0 Å². The van der Waals surface area contributed by atoms with E-state index in [1.165, 1.54) is 51.4 Å². The predicted molar refractivity (Wildman–Crippen MR) is 165 cm³/mol. The molecule has 0 bridgehead atoms. The molecule has 0 aliphatic carbocycles. The second-order valence-corrected chi connectivity index (χ2v) is 9.80. The number of carbonyl (C=O) groups excluding carboxylic acids is 1. The average Bonchev–Trinajstić information content (AvgIpc) is 2.92. The number of aliphatic hydroxyl groups is 2. The summed E-state index contributed by atoms with van der Waals surface area (Å²) in [4.78, 5) is 12.2. The van der Waals surface area contributed by atoms with Gasteiger partial charge in [-0.2, -0.15) is 0 Å². The molecule has 3 N–H and O–H groups in total. The summed E-state index contributed by atoms with van der Waals surface area (Å²) < 4.78 is 0.